The number of carbonyl (C=O) groups is 2. The van der Waals surface area contributed by atoms with Gasteiger partial charge in [0.15, 0.2) is 11.6 Å². The first-order valence-corrected chi connectivity index (χ1v) is 9.91. The number of likely N-dealkylation sites (N-methyl/N-ethyl adjacent to an activating group) is 1. The lowest BCUT2D eigenvalue weighted by Gasteiger charge is -2.42. The maximum atomic E-state index is 14.4. The topological polar surface area (TPSA) is 64.1 Å². The molecule has 2 aromatic rings. The van der Waals surface area contributed by atoms with E-state index in [0.29, 0.717) is 27.7 Å². The number of piperazine rings is 1. The van der Waals surface area contributed by atoms with Crippen molar-refractivity contribution in [3.63, 3.8) is 0 Å². The van der Waals surface area contributed by atoms with E-state index in [1.165, 1.54) is 18.0 Å². The molecular weight excluding hydrogens is 458 g/mol. The fourth-order valence-electron chi connectivity index (χ4n) is 3.55. The number of halogens is 5. The summed E-state index contributed by atoms with van der Waals surface area (Å²) >= 11 is 12.0. The van der Waals surface area contributed by atoms with Gasteiger partial charge in [-0.3, -0.25) is 4.79 Å². The number of hydrogen-bond acceptors (Lipinski definition) is 3. The molecule has 1 aliphatic rings. The van der Waals surface area contributed by atoms with E-state index in [0.717, 1.165) is 9.80 Å². The van der Waals surface area contributed by atoms with Gasteiger partial charge < -0.3 is 19.8 Å². The standard InChI is InChI=1S/C20H18Cl2F3N3O3/c1-26(9-11-4-12(21)6-13(22)5-11)19(29)17-10-27(20(30)31)2-3-28(17)18-15(24)7-14(23)8-16(18)25/h4-8,17H,2-3,9-10H2,1H3,(H,30,31). The molecule has 2 aromatic carbocycles. The quantitative estimate of drug-likeness (QED) is 0.718. The van der Waals surface area contributed by atoms with Crippen molar-refractivity contribution in [2.45, 2.75) is 12.6 Å². The van der Waals surface area contributed by atoms with Gasteiger partial charge in [-0.1, -0.05) is 23.2 Å². The van der Waals surface area contributed by atoms with E-state index in [2.05, 4.69) is 0 Å². The van der Waals surface area contributed by atoms with Crippen molar-refractivity contribution in [2.24, 2.45) is 0 Å². The molecule has 1 N–H and O–H groups in total. The van der Waals surface area contributed by atoms with E-state index in [1.54, 1.807) is 12.1 Å². The van der Waals surface area contributed by atoms with Gasteiger partial charge in [0.05, 0.1) is 6.54 Å². The summed E-state index contributed by atoms with van der Waals surface area (Å²) in [5, 5.41) is 10.1. The zero-order chi connectivity index (χ0) is 22.9. The van der Waals surface area contributed by atoms with Crippen molar-refractivity contribution in [3.05, 3.63) is 63.4 Å². The van der Waals surface area contributed by atoms with E-state index in [9.17, 15) is 27.9 Å². The van der Waals surface area contributed by atoms with Crippen LogP contribution in [0.25, 0.3) is 0 Å². The summed E-state index contributed by atoms with van der Waals surface area (Å²) < 4.78 is 42.2. The van der Waals surface area contributed by atoms with E-state index in [4.69, 9.17) is 23.2 Å². The van der Waals surface area contributed by atoms with Crippen molar-refractivity contribution < 1.29 is 27.9 Å². The molecule has 2 amide bonds. The fraction of sp³-hybridized carbons (Fsp3) is 0.300. The van der Waals surface area contributed by atoms with Gasteiger partial charge in [-0.05, 0) is 23.8 Å². The van der Waals surface area contributed by atoms with Crippen LogP contribution in [0.3, 0.4) is 0 Å². The van der Waals surface area contributed by atoms with Crippen LogP contribution in [-0.2, 0) is 11.3 Å². The first-order valence-electron chi connectivity index (χ1n) is 9.16. The number of amides is 2. The largest absolute Gasteiger partial charge is 0.465 e. The Balaban J connectivity index is 1.92. The molecule has 0 bridgehead atoms. The molecule has 1 saturated heterocycles. The fourth-order valence-corrected chi connectivity index (χ4v) is 4.12. The molecule has 166 valence electrons. The number of nitrogens with zero attached hydrogens (tertiary/aromatic N) is 3. The van der Waals surface area contributed by atoms with Crippen LogP contribution in [0, 0.1) is 17.5 Å². The molecule has 1 unspecified atom stereocenters. The summed E-state index contributed by atoms with van der Waals surface area (Å²) in [5.74, 6) is -4.03. The Morgan fingerprint density at radius 2 is 1.65 bits per heavy atom. The molecule has 0 spiro atoms. The number of anilines is 1. The lowest BCUT2D eigenvalue weighted by atomic mass is 10.1. The Hall–Kier alpha value is -2.65. The Kier molecular flexibility index (Phi) is 6.86. The summed E-state index contributed by atoms with van der Waals surface area (Å²) in [6.45, 7) is -0.474. The third kappa shape index (κ3) is 5.16. The normalized spacial score (nSPS) is 16.4. The zero-order valence-electron chi connectivity index (χ0n) is 16.3. The maximum absolute atomic E-state index is 14.4. The first kappa shape index (κ1) is 23.0. The summed E-state index contributed by atoms with van der Waals surface area (Å²) in [6.07, 6.45) is -1.26. The van der Waals surface area contributed by atoms with Crippen LogP contribution in [0.4, 0.5) is 23.7 Å². The maximum Gasteiger partial charge on any atom is 0.407 e. The summed E-state index contributed by atoms with van der Waals surface area (Å²) in [6, 6.07) is 4.56. The van der Waals surface area contributed by atoms with Gasteiger partial charge in [-0.15, -0.1) is 0 Å². The molecule has 1 fully saturated rings. The molecule has 0 aliphatic carbocycles. The third-order valence-electron chi connectivity index (χ3n) is 4.92. The molecule has 3 rings (SSSR count). The van der Waals surface area contributed by atoms with Crippen molar-refractivity contribution in [1.82, 2.24) is 9.80 Å². The van der Waals surface area contributed by atoms with E-state index >= 15 is 0 Å². The van der Waals surface area contributed by atoms with Gasteiger partial charge in [0.25, 0.3) is 0 Å². The van der Waals surface area contributed by atoms with Crippen molar-refractivity contribution in [2.75, 3.05) is 31.6 Å². The second-order valence-corrected chi connectivity index (χ2v) is 8.00. The molecule has 0 saturated carbocycles. The molecule has 31 heavy (non-hydrogen) atoms. The van der Waals surface area contributed by atoms with Crippen LogP contribution in [0.2, 0.25) is 10.0 Å². The Morgan fingerprint density at radius 3 is 2.19 bits per heavy atom. The first-order chi connectivity index (χ1) is 14.6. The number of rotatable bonds is 4. The van der Waals surface area contributed by atoms with Crippen LogP contribution >= 0.6 is 23.2 Å². The van der Waals surface area contributed by atoms with Crippen LogP contribution in [-0.4, -0.2) is 59.6 Å². The zero-order valence-corrected chi connectivity index (χ0v) is 17.8. The van der Waals surface area contributed by atoms with E-state index in [1.807, 2.05) is 0 Å². The number of carbonyl (C=O) groups excluding carboxylic acids is 1. The molecule has 0 radical (unpaired) electrons. The van der Waals surface area contributed by atoms with Crippen molar-refractivity contribution >= 4 is 40.9 Å². The van der Waals surface area contributed by atoms with Gasteiger partial charge in [-0.2, -0.15) is 0 Å². The van der Waals surface area contributed by atoms with Crippen molar-refractivity contribution in [3.8, 4) is 0 Å². The number of hydrogen-bond donors (Lipinski definition) is 1. The highest BCUT2D eigenvalue weighted by atomic mass is 35.5. The van der Waals surface area contributed by atoms with Crippen LogP contribution in [0.15, 0.2) is 30.3 Å². The lowest BCUT2D eigenvalue weighted by Crippen LogP contribution is -2.60. The van der Waals surface area contributed by atoms with Crippen LogP contribution in [0.1, 0.15) is 5.56 Å². The van der Waals surface area contributed by atoms with Gasteiger partial charge in [0.2, 0.25) is 5.91 Å². The minimum absolute atomic E-state index is 0.0743. The SMILES string of the molecule is CN(Cc1cc(Cl)cc(Cl)c1)C(=O)C1CN(C(=O)O)CCN1c1c(F)cc(F)cc1F. The Bertz CT molecular complexity index is 981. The molecule has 1 atom stereocenters. The van der Waals surface area contributed by atoms with Crippen LogP contribution < -0.4 is 4.90 Å². The molecular formula is C20H18Cl2F3N3O3. The minimum atomic E-state index is -1.26. The molecule has 1 heterocycles. The van der Waals surface area contributed by atoms with Crippen molar-refractivity contribution in [1.29, 1.82) is 0 Å². The molecule has 11 heteroatoms. The van der Waals surface area contributed by atoms with Gasteiger partial charge >= 0.3 is 6.09 Å². The van der Waals surface area contributed by atoms with Gasteiger partial charge in [0, 0.05) is 48.9 Å². The average Bonchev–Trinajstić information content (AvgIpc) is 2.65. The Morgan fingerprint density at radius 1 is 1.06 bits per heavy atom. The van der Waals surface area contributed by atoms with Gasteiger partial charge in [-0.25, -0.2) is 18.0 Å². The summed E-state index contributed by atoms with van der Waals surface area (Å²) in [7, 11) is 1.46. The van der Waals surface area contributed by atoms with E-state index in [-0.39, 0.29) is 26.2 Å². The van der Waals surface area contributed by atoms with Crippen LogP contribution in [0.5, 0.6) is 0 Å². The monoisotopic (exact) mass is 475 g/mol. The molecule has 0 aromatic heterocycles. The Labute approximate surface area is 186 Å². The smallest absolute Gasteiger partial charge is 0.407 e. The minimum Gasteiger partial charge on any atom is -0.465 e. The number of carboxylic acid groups (broad SMARTS) is 1. The third-order valence-corrected chi connectivity index (χ3v) is 5.36. The molecule has 1 aliphatic heterocycles. The summed E-state index contributed by atoms with van der Waals surface area (Å²) in [4.78, 5) is 28.0. The highest BCUT2D eigenvalue weighted by Gasteiger charge is 2.38. The lowest BCUT2D eigenvalue weighted by molar-refractivity contribution is -0.132. The highest BCUT2D eigenvalue weighted by molar-refractivity contribution is 6.34. The van der Waals surface area contributed by atoms with E-state index < -0.39 is 41.2 Å². The number of benzene rings is 2. The van der Waals surface area contributed by atoms with Gasteiger partial charge in [0.1, 0.15) is 17.5 Å². The summed E-state index contributed by atoms with van der Waals surface area (Å²) in [5.41, 5.74) is 0.0360. The highest BCUT2D eigenvalue weighted by Crippen LogP contribution is 2.29. The second-order valence-electron chi connectivity index (χ2n) is 7.13. The molecule has 6 nitrogen and oxygen atoms in total. The predicted octanol–water partition coefficient (Wildman–Crippen LogP) is 4.24. The second kappa shape index (κ2) is 9.23. The average molecular weight is 476 g/mol. The predicted molar refractivity (Wildman–Crippen MR) is 110 cm³/mol.